The number of halogens is 1. The lowest BCUT2D eigenvalue weighted by Crippen LogP contribution is -2.21. The van der Waals surface area contributed by atoms with E-state index in [1.165, 1.54) is 6.20 Å². The van der Waals surface area contributed by atoms with Crippen molar-refractivity contribution in [3.8, 4) is 0 Å². The highest BCUT2D eigenvalue weighted by molar-refractivity contribution is 7.91. The molecule has 0 spiro atoms. The summed E-state index contributed by atoms with van der Waals surface area (Å²) >= 11 is 6.05. The van der Waals surface area contributed by atoms with Gasteiger partial charge in [0, 0.05) is 22.9 Å². The Morgan fingerprint density at radius 2 is 2.08 bits per heavy atom. The molecule has 0 saturated carbocycles. The zero-order chi connectivity index (χ0) is 18.0. The largest absolute Gasteiger partial charge is 0.366 e. The SMILES string of the molecule is Cc1ccc(NC(=O)c2ccc(NC3CCS(=O)(=O)C3)nc2)cc1Cl. The lowest BCUT2D eigenvalue weighted by Gasteiger charge is -2.12. The Labute approximate surface area is 151 Å². The van der Waals surface area contributed by atoms with Crippen molar-refractivity contribution in [1.29, 1.82) is 0 Å². The molecule has 1 unspecified atom stereocenters. The van der Waals surface area contributed by atoms with E-state index in [0.717, 1.165) is 5.56 Å². The first-order chi connectivity index (χ1) is 11.8. The molecule has 132 valence electrons. The van der Waals surface area contributed by atoms with E-state index >= 15 is 0 Å². The van der Waals surface area contributed by atoms with Crippen LogP contribution < -0.4 is 10.6 Å². The second kappa shape index (κ2) is 7.01. The molecule has 1 saturated heterocycles. The number of nitrogens with one attached hydrogen (secondary N) is 2. The third kappa shape index (κ3) is 4.49. The number of benzene rings is 1. The summed E-state index contributed by atoms with van der Waals surface area (Å²) in [5.74, 6) is 0.578. The highest BCUT2D eigenvalue weighted by Gasteiger charge is 2.27. The third-order valence-corrected chi connectivity index (χ3v) is 6.21. The molecule has 6 nitrogen and oxygen atoms in total. The van der Waals surface area contributed by atoms with Crippen LogP contribution in [0.2, 0.25) is 5.02 Å². The highest BCUT2D eigenvalue weighted by Crippen LogP contribution is 2.21. The Bertz CT molecular complexity index is 898. The van der Waals surface area contributed by atoms with Crippen molar-refractivity contribution < 1.29 is 13.2 Å². The molecule has 2 aromatic rings. The fraction of sp³-hybridized carbons (Fsp3) is 0.294. The van der Waals surface area contributed by atoms with E-state index in [4.69, 9.17) is 11.6 Å². The van der Waals surface area contributed by atoms with Gasteiger partial charge in [0.15, 0.2) is 9.84 Å². The third-order valence-electron chi connectivity index (χ3n) is 4.04. The standard InChI is InChI=1S/C17H18ClN3O3S/c1-11-2-4-13(8-15(11)18)21-17(22)12-3-5-16(19-9-12)20-14-6-7-25(23,24)10-14/h2-5,8-9,14H,6-7,10H2,1H3,(H,19,20)(H,21,22). The van der Waals surface area contributed by atoms with Gasteiger partial charge >= 0.3 is 0 Å². The van der Waals surface area contributed by atoms with Gasteiger partial charge < -0.3 is 10.6 Å². The quantitative estimate of drug-likeness (QED) is 0.852. The van der Waals surface area contributed by atoms with E-state index < -0.39 is 9.84 Å². The van der Waals surface area contributed by atoms with Gasteiger partial charge in [0.25, 0.3) is 5.91 Å². The molecule has 1 aliphatic rings. The van der Waals surface area contributed by atoms with Crippen LogP contribution in [0.4, 0.5) is 11.5 Å². The van der Waals surface area contributed by atoms with E-state index in [2.05, 4.69) is 15.6 Å². The smallest absolute Gasteiger partial charge is 0.257 e. The second-order valence-electron chi connectivity index (χ2n) is 6.09. The number of anilines is 2. The minimum Gasteiger partial charge on any atom is -0.366 e. The number of aryl methyl sites for hydroxylation is 1. The number of carbonyl (C=O) groups is 1. The van der Waals surface area contributed by atoms with Crippen molar-refractivity contribution >= 4 is 38.9 Å². The summed E-state index contributed by atoms with van der Waals surface area (Å²) in [6, 6.07) is 8.48. The minimum atomic E-state index is -2.94. The summed E-state index contributed by atoms with van der Waals surface area (Å²) in [5.41, 5.74) is 1.95. The lowest BCUT2D eigenvalue weighted by molar-refractivity contribution is 0.102. The van der Waals surface area contributed by atoms with Gasteiger partial charge in [-0.1, -0.05) is 17.7 Å². The normalized spacial score (nSPS) is 18.7. The Hall–Kier alpha value is -2.12. The summed E-state index contributed by atoms with van der Waals surface area (Å²) < 4.78 is 22.9. The lowest BCUT2D eigenvalue weighted by atomic mass is 10.2. The van der Waals surface area contributed by atoms with Crippen molar-refractivity contribution in [2.45, 2.75) is 19.4 Å². The molecule has 1 atom stereocenters. The van der Waals surface area contributed by atoms with Gasteiger partial charge in [0.1, 0.15) is 5.82 Å². The Morgan fingerprint density at radius 3 is 2.68 bits per heavy atom. The van der Waals surface area contributed by atoms with Crippen LogP contribution in [0.1, 0.15) is 22.3 Å². The average Bonchev–Trinajstić information content (AvgIpc) is 2.90. The molecule has 25 heavy (non-hydrogen) atoms. The Kier molecular flexibility index (Phi) is 4.96. The van der Waals surface area contributed by atoms with Gasteiger partial charge in [-0.05, 0) is 43.2 Å². The zero-order valence-corrected chi connectivity index (χ0v) is 15.2. The molecule has 0 radical (unpaired) electrons. The number of sulfone groups is 1. The van der Waals surface area contributed by atoms with Crippen molar-refractivity contribution in [2.24, 2.45) is 0 Å². The molecule has 1 aromatic heterocycles. The van der Waals surface area contributed by atoms with Gasteiger partial charge in [0.05, 0.1) is 17.1 Å². The molecular formula is C17H18ClN3O3S. The van der Waals surface area contributed by atoms with Crippen molar-refractivity contribution in [1.82, 2.24) is 4.98 Å². The number of nitrogens with zero attached hydrogens (tertiary/aromatic N) is 1. The molecule has 1 aromatic carbocycles. The number of aromatic nitrogens is 1. The highest BCUT2D eigenvalue weighted by atomic mass is 35.5. The van der Waals surface area contributed by atoms with Crippen LogP contribution in [-0.2, 0) is 9.84 Å². The molecule has 0 bridgehead atoms. The van der Waals surface area contributed by atoms with E-state index in [1.54, 1.807) is 24.3 Å². The van der Waals surface area contributed by atoms with E-state index in [9.17, 15) is 13.2 Å². The summed E-state index contributed by atoms with van der Waals surface area (Å²) in [6.07, 6.45) is 2.03. The van der Waals surface area contributed by atoms with Gasteiger partial charge in [-0.2, -0.15) is 0 Å². The number of amides is 1. The summed E-state index contributed by atoms with van der Waals surface area (Å²) in [7, 11) is -2.94. The monoisotopic (exact) mass is 379 g/mol. The molecule has 2 heterocycles. The fourth-order valence-electron chi connectivity index (χ4n) is 2.61. The number of rotatable bonds is 4. The first-order valence-corrected chi connectivity index (χ1v) is 10.0. The molecule has 3 rings (SSSR count). The van der Waals surface area contributed by atoms with Gasteiger partial charge in [-0.15, -0.1) is 0 Å². The summed E-state index contributed by atoms with van der Waals surface area (Å²) in [4.78, 5) is 16.4. The summed E-state index contributed by atoms with van der Waals surface area (Å²) in [6.45, 7) is 1.89. The fourth-order valence-corrected chi connectivity index (χ4v) is 4.46. The first-order valence-electron chi connectivity index (χ1n) is 7.83. The van der Waals surface area contributed by atoms with Crippen LogP contribution in [0.25, 0.3) is 0 Å². The molecule has 0 aliphatic carbocycles. The zero-order valence-electron chi connectivity index (χ0n) is 13.6. The first kappa shape index (κ1) is 17.7. The van der Waals surface area contributed by atoms with Crippen LogP contribution in [0, 0.1) is 6.92 Å². The van der Waals surface area contributed by atoms with Crippen LogP contribution in [-0.4, -0.2) is 36.9 Å². The van der Waals surface area contributed by atoms with E-state index in [-0.39, 0.29) is 23.5 Å². The van der Waals surface area contributed by atoms with Crippen LogP contribution >= 0.6 is 11.6 Å². The van der Waals surface area contributed by atoms with Crippen LogP contribution in [0.5, 0.6) is 0 Å². The predicted molar refractivity (Wildman–Crippen MR) is 99.1 cm³/mol. The minimum absolute atomic E-state index is 0.116. The molecule has 1 amide bonds. The van der Waals surface area contributed by atoms with Gasteiger partial charge in [-0.25, -0.2) is 13.4 Å². The Morgan fingerprint density at radius 1 is 1.28 bits per heavy atom. The molecule has 8 heteroatoms. The molecule has 1 aliphatic heterocycles. The van der Waals surface area contributed by atoms with Gasteiger partial charge in [0.2, 0.25) is 0 Å². The average molecular weight is 380 g/mol. The van der Waals surface area contributed by atoms with Crippen molar-refractivity contribution in [3.05, 3.63) is 52.7 Å². The Balaban J connectivity index is 1.63. The maximum atomic E-state index is 12.3. The van der Waals surface area contributed by atoms with Crippen LogP contribution in [0.3, 0.4) is 0 Å². The summed E-state index contributed by atoms with van der Waals surface area (Å²) in [5, 5.41) is 6.44. The predicted octanol–water partition coefficient (Wildman–Crippen LogP) is 2.89. The van der Waals surface area contributed by atoms with Gasteiger partial charge in [-0.3, -0.25) is 4.79 Å². The maximum absolute atomic E-state index is 12.3. The number of carbonyl (C=O) groups excluding carboxylic acids is 1. The van der Waals surface area contributed by atoms with Crippen LogP contribution in [0.15, 0.2) is 36.5 Å². The number of hydrogen-bond acceptors (Lipinski definition) is 5. The van der Waals surface area contributed by atoms with E-state index in [0.29, 0.717) is 28.5 Å². The number of hydrogen-bond donors (Lipinski definition) is 2. The van der Waals surface area contributed by atoms with E-state index in [1.807, 2.05) is 13.0 Å². The molecule has 1 fully saturated rings. The van der Waals surface area contributed by atoms with Crippen molar-refractivity contribution in [3.63, 3.8) is 0 Å². The molecule has 2 N–H and O–H groups in total. The molecular weight excluding hydrogens is 362 g/mol. The number of pyridine rings is 1. The van der Waals surface area contributed by atoms with Crippen molar-refractivity contribution in [2.75, 3.05) is 22.1 Å². The topological polar surface area (TPSA) is 88.2 Å². The maximum Gasteiger partial charge on any atom is 0.257 e. The second-order valence-corrected chi connectivity index (χ2v) is 8.73.